The van der Waals surface area contributed by atoms with Crippen LogP contribution in [-0.4, -0.2) is 17.1 Å². The molecule has 2 amide bonds. The Morgan fingerprint density at radius 2 is 1.77 bits per heavy atom. The second-order valence-corrected chi connectivity index (χ2v) is 5.10. The molecule has 0 fully saturated rings. The normalized spacial score (nSPS) is 10.1. The highest BCUT2D eigenvalue weighted by Gasteiger charge is 2.15. The molecule has 0 bridgehead atoms. The van der Waals surface area contributed by atoms with Gasteiger partial charge in [0.25, 0.3) is 0 Å². The molecule has 0 aliphatic heterocycles. The minimum Gasteiger partial charge on any atom is -0.478 e. The van der Waals surface area contributed by atoms with Gasteiger partial charge in [0, 0.05) is 6.54 Å². The first-order valence-electron chi connectivity index (χ1n) is 6.90. The van der Waals surface area contributed by atoms with Gasteiger partial charge in [-0.05, 0) is 36.6 Å². The average molecular weight is 298 g/mol. The zero-order valence-electron chi connectivity index (χ0n) is 12.5. The number of carboxylic acids is 1. The lowest BCUT2D eigenvalue weighted by Crippen LogP contribution is -2.29. The van der Waals surface area contributed by atoms with E-state index in [0.29, 0.717) is 17.8 Å². The van der Waals surface area contributed by atoms with Crippen LogP contribution in [0.5, 0.6) is 0 Å². The highest BCUT2D eigenvalue weighted by molar-refractivity contribution is 6.01. The van der Waals surface area contributed by atoms with E-state index in [2.05, 4.69) is 10.6 Å². The van der Waals surface area contributed by atoms with Crippen molar-refractivity contribution in [1.29, 1.82) is 0 Å². The van der Waals surface area contributed by atoms with Crippen molar-refractivity contribution in [3.05, 3.63) is 64.7 Å². The molecule has 2 aromatic rings. The Morgan fingerprint density at radius 3 is 2.41 bits per heavy atom. The predicted molar refractivity (Wildman–Crippen MR) is 85.2 cm³/mol. The summed E-state index contributed by atoms with van der Waals surface area (Å²) in [4.78, 5) is 23.3. The first kappa shape index (κ1) is 15.6. The van der Waals surface area contributed by atoms with Crippen molar-refractivity contribution in [3.63, 3.8) is 0 Å². The molecule has 5 heteroatoms. The van der Waals surface area contributed by atoms with Gasteiger partial charge in [-0.2, -0.15) is 0 Å². The zero-order chi connectivity index (χ0) is 16.1. The number of carboxylic acid groups (broad SMARTS) is 1. The average Bonchev–Trinajstić information content (AvgIpc) is 2.48. The molecule has 0 aliphatic rings. The molecule has 2 aromatic carbocycles. The monoisotopic (exact) mass is 298 g/mol. The van der Waals surface area contributed by atoms with Crippen molar-refractivity contribution in [2.45, 2.75) is 20.4 Å². The van der Waals surface area contributed by atoms with Crippen molar-refractivity contribution < 1.29 is 14.7 Å². The van der Waals surface area contributed by atoms with Crippen LogP contribution in [0.15, 0.2) is 42.5 Å². The van der Waals surface area contributed by atoms with E-state index in [4.69, 9.17) is 0 Å². The number of rotatable bonds is 4. The standard InChI is InChI=1S/C17H18N2O3/c1-11-8-12(2)15(14(9-11)16(20)21)19-17(22)18-10-13-6-4-3-5-7-13/h3-9H,10H2,1-2H3,(H,20,21)(H2,18,19,22). The van der Waals surface area contributed by atoms with Gasteiger partial charge < -0.3 is 15.7 Å². The molecule has 0 saturated heterocycles. The van der Waals surface area contributed by atoms with E-state index in [1.165, 1.54) is 0 Å². The number of aromatic carboxylic acids is 1. The van der Waals surface area contributed by atoms with Crippen LogP contribution in [0.2, 0.25) is 0 Å². The van der Waals surface area contributed by atoms with Crippen LogP contribution in [0.4, 0.5) is 10.5 Å². The Bertz CT molecular complexity index is 697. The van der Waals surface area contributed by atoms with Crippen LogP contribution in [0, 0.1) is 13.8 Å². The lowest BCUT2D eigenvalue weighted by atomic mass is 10.0. The molecule has 2 rings (SSSR count). The highest BCUT2D eigenvalue weighted by atomic mass is 16.4. The van der Waals surface area contributed by atoms with Gasteiger partial charge in [0.15, 0.2) is 0 Å². The van der Waals surface area contributed by atoms with Crippen molar-refractivity contribution >= 4 is 17.7 Å². The second kappa shape index (κ2) is 6.76. The van der Waals surface area contributed by atoms with Crippen molar-refractivity contribution in [2.75, 3.05) is 5.32 Å². The maximum absolute atomic E-state index is 12.0. The van der Waals surface area contributed by atoms with E-state index in [-0.39, 0.29) is 5.56 Å². The molecule has 0 spiro atoms. The van der Waals surface area contributed by atoms with Crippen LogP contribution in [0.1, 0.15) is 27.0 Å². The SMILES string of the molecule is Cc1cc(C)c(NC(=O)NCc2ccccc2)c(C(=O)O)c1. The molecule has 22 heavy (non-hydrogen) atoms. The molecule has 5 nitrogen and oxygen atoms in total. The Labute approximate surface area is 129 Å². The van der Waals surface area contributed by atoms with Crippen molar-refractivity contribution in [3.8, 4) is 0 Å². The molecule has 0 aliphatic carbocycles. The lowest BCUT2D eigenvalue weighted by molar-refractivity contribution is 0.0698. The van der Waals surface area contributed by atoms with E-state index in [1.54, 1.807) is 13.0 Å². The van der Waals surface area contributed by atoms with Gasteiger partial charge in [0.05, 0.1) is 11.3 Å². The van der Waals surface area contributed by atoms with Crippen LogP contribution < -0.4 is 10.6 Å². The maximum atomic E-state index is 12.0. The summed E-state index contributed by atoms with van der Waals surface area (Å²) in [5.74, 6) is -1.06. The van der Waals surface area contributed by atoms with Gasteiger partial charge in [-0.15, -0.1) is 0 Å². The first-order valence-corrected chi connectivity index (χ1v) is 6.90. The van der Waals surface area contributed by atoms with Crippen molar-refractivity contribution in [1.82, 2.24) is 5.32 Å². The fraction of sp³-hybridized carbons (Fsp3) is 0.176. The molecular formula is C17H18N2O3. The summed E-state index contributed by atoms with van der Waals surface area (Å²) < 4.78 is 0. The number of hydrogen-bond acceptors (Lipinski definition) is 2. The molecular weight excluding hydrogens is 280 g/mol. The Balaban J connectivity index is 2.10. The maximum Gasteiger partial charge on any atom is 0.337 e. The summed E-state index contributed by atoms with van der Waals surface area (Å²) >= 11 is 0. The van der Waals surface area contributed by atoms with Gasteiger partial charge in [0.2, 0.25) is 0 Å². The largest absolute Gasteiger partial charge is 0.478 e. The molecule has 0 radical (unpaired) electrons. The van der Waals surface area contributed by atoms with E-state index in [1.807, 2.05) is 43.3 Å². The Morgan fingerprint density at radius 1 is 1.09 bits per heavy atom. The van der Waals surface area contributed by atoms with E-state index in [0.717, 1.165) is 11.1 Å². The number of amides is 2. The summed E-state index contributed by atoms with van der Waals surface area (Å²) in [6.45, 7) is 3.96. The molecule has 3 N–H and O–H groups in total. The van der Waals surface area contributed by atoms with Crippen molar-refractivity contribution in [2.24, 2.45) is 0 Å². The van der Waals surface area contributed by atoms with Gasteiger partial charge in [-0.3, -0.25) is 0 Å². The minimum atomic E-state index is -1.06. The summed E-state index contributed by atoms with van der Waals surface area (Å²) in [5, 5.41) is 14.6. The number of aryl methyl sites for hydroxylation is 2. The number of hydrogen-bond donors (Lipinski definition) is 3. The molecule has 0 unspecified atom stereocenters. The quantitative estimate of drug-likeness (QED) is 0.810. The number of carbonyl (C=O) groups excluding carboxylic acids is 1. The predicted octanol–water partition coefficient (Wildman–Crippen LogP) is 3.32. The smallest absolute Gasteiger partial charge is 0.337 e. The fourth-order valence-electron chi connectivity index (χ4n) is 2.24. The van der Waals surface area contributed by atoms with E-state index >= 15 is 0 Å². The topological polar surface area (TPSA) is 78.4 Å². The first-order chi connectivity index (χ1) is 10.5. The summed E-state index contributed by atoms with van der Waals surface area (Å²) in [5.41, 5.74) is 2.94. The zero-order valence-corrected chi connectivity index (χ0v) is 12.5. The number of anilines is 1. The Hall–Kier alpha value is -2.82. The summed E-state index contributed by atoms with van der Waals surface area (Å²) in [7, 11) is 0. The van der Waals surface area contributed by atoms with Crippen LogP contribution in [0.25, 0.3) is 0 Å². The second-order valence-electron chi connectivity index (χ2n) is 5.10. The van der Waals surface area contributed by atoms with Crippen LogP contribution in [0.3, 0.4) is 0 Å². The third-order valence-electron chi connectivity index (χ3n) is 3.24. The number of benzene rings is 2. The van der Waals surface area contributed by atoms with Gasteiger partial charge in [0.1, 0.15) is 0 Å². The summed E-state index contributed by atoms with van der Waals surface area (Å²) in [6, 6.07) is 12.4. The number of carbonyl (C=O) groups is 2. The molecule has 114 valence electrons. The molecule has 0 aromatic heterocycles. The molecule has 0 heterocycles. The molecule has 0 saturated carbocycles. The fourth-order valence-corrected chi connectivity index (χ4v) is 2.24. The lowest BCUT2D eigenvalue weighted by Gasteiger charge is -2.13. The van der Waals surface area contributed by atoms with E-state index < -0.39 is 12.0 Å². The van der Waals surface area contributed by atoms with Gasteiger partial charge >= 0.3 is 12.0 Å². The number of nitrogens with one attached hydrogen (secondary N) is 2. The minimum absolute atomic E-state index is 0.0901. The molecule has 0 atom stereocenters. The number of urea groups is 1. The van der Waals surface area contributed by atoms with Gasteiger partial charge in [-0.1, -0.05) is 36.4 Å². The van der Waals surface area contributed by atoms with E-state index in [9.17, 15) is 14.7 Å². The Kier molecular flexibility index (Phi) is 4.78. The highest BCUT2D eigenvalue weighted by Crippen LogP contribution is 2.22. The van der Waals surface area contributed by atoms with Gasteiger partial charge in [-0.25, -0.2) is 9.59 Å². The third kappa shape index (κ3) is 3.85. The van der Waals surface area contributed by atoms with Crippen LogP contribution >= 0.6 is 0 Å². The summed E-state index contributed by atoms with van der Waals surface area (Å²) in [6.07, 6.45) is 0. The third-order valence-corrected chi connectivity index (χ3v) is 3.24. The van der Waals surface area contributed by atoms with Crippen LogP contribution in [-0.2, 0) is 6.54 Å².